The van der Waals surface area contributed by atoms with Crippen LogP contribution in [-0.2, 0) is 4.79 Å². The number of halogens is 1. The third kappa shape index (κ3) is 5.27. The number of rotatable bonds is 5. The largest absolute Gasteiger partial charge is 0.496 e. The molecule has 0 bridgehead atoms. The van der Waals surface area contributed by atoms with Gasteiger partial charge in [-0.3, -0.25) is 20.2 Å². The van der Waals surface area contributed by atoms with Crippen LogP contribution in [0.25, 0.3) is 6.08 Å². The van der Waals surface area contributed by atoms with Crippen molar-refractivity contribution in [3.05, 3.63) is 69.2 Å². The van der Waals surface area contributed by atoms with Gasteiger partial charge < -0.3 is 10.1 Å². The van der Waals surface area contributed by atoms with Crippen LogP contribution in [-0.4, -0.2) is 23.1 Å². The summed E-state index contributed by atoms with van der Waals surface area (Å²) < 4.78 is 4.96. The maximum atomic E-state index is 11.9. The van der Waals surface area contributed by atoms with Crippen LogP contribution < -0.4 is 15.4 Å². The Hall–Kier alpha value is -2.97. The van der Waals surface area contributed by atoms with Gasteiger partial charge in [-0.1, -0.05) is 29.8 Å². The lowest BCUT2D eigenvalue weighted by atomic mass is 10.2. The smallest absolute Gasteiger partial charge is 0.296 e. The fraction of sp³-hybridized carbons (Fsp3) is 0.0588. The van der Waals surface area contributed by atoms with E-state index in [0.717, 1.165) is 0 Å². The van der Waals surface area contributed by atoms with Gasteiger partial charge >= 0.3 is 0 Å². The van der Waals surface area contributed by atoms with Crippen molar-refractivity contribution < 1.29 is 14.5 Å². The molecule has 0 unspecified atom stereocenters. The molecule has 26 heavy (non-hydrogen) atoms. The van der Waals surface area contributed by atoms with Crippen LogP contribution in [0.15, 0.2) is 48.5 Å². The lowest BCUT2D eigenvalue weighted by Gasteiger charge is -2.09. The second-order valence-corrected chi connectivity index (χ2v) is 5.75. The molecule has 0 heterocycles. The first-order chi connectivity index (χ1) is 12.4. The first kappa shape index (κ1) is 19.4. The zero-order valence-electron chi connectivity index (χ0n) is 13.6. The molecule has 0 saturated carbocycles. The van der Waals surface area contributed by atoms with Crippen LogP contribution in [0.3, 0.4) is 0 Å². The van der Waals surface area contributed by atoms with Gasteiger partial charge in [0.05, 0.1) is 18.1 Å². The predicted octanol–water partition coefficient (Wildman–Crippen LogP) is 3.78. The van der Waals surface area contributed by atoms with E-state index in [2.05, 4.69) is 10.6 Å². The Labute approximate surface area is 159 Å². The second kappa shape index (κ2) is 8.93. The summed E-state index contributed by atoms with van der Waals surface area (Å²) in [5, 5.41) is 16.6. The normalized spacial score (nSPS) is 10.4. The molecule has 0 aliphatic heterocycles. The average Bonchev–Trinajstić information content (AvgIpc) is 2.61. The second-order valence-electron chi connectivity index (χ2n) is 4.94. The Morgan fingerprint density at radius 3 is 2.69 bits per heavy atom. The van der Waals surface area contributed by atoms with E-state index in [1.165, 1.54) is 37.5 Å². The molecule has 2 rings (SSSR count). The summed E-state index contributed by atoms with van der Waals surface area (Å²) in [5.74, 6) is -0.168. The standard InChI is InChI=1S/C17H14ClN3O4S/c1-25-12-7-8-14(15(10-12)21(23)24)19-17(26)20-16(22)9-6-11-4-2-3-5-13(11)18/h2-10H,1H3,(H2,19,20,22,26). The molecule has 0 atom stereocenters. The van der Waals surface area contributed by atoms with Crippen LogP contribution >= 0.6 is 23.8 Å². The fourth-order valence-electron chi connectivity index (χ4n) is 1.98. The lowest BCUT2D eigenvalue weighted by Crippen LogP contribution is -2.33. The Balaban J connectivity index is 2.03. The molecule has 0 saturated heterocycles. The molecule has 2 N–H and O–H groups in total. The van der Waals surface area contributed by atoms with Gasteiger partial charge in [-0.15, -0.1) is 0 Å². The highest BCUT2D eigenvalue weighted by molar-refractivity contribution is 7.80. The van der Waals surface area contributed by atoms with E-state index in [-0.39, 0.29) is 16.5 Å². The minimum atomic E-state index is -0.577. The SMILES string of the molecule is COc1ccc(NC(=S)NC(=O)C=Cc2ccccc2Cl)c([N+](=O)[O-])c1. The zero-order chi connectivity index (χ0) is 19.1. The van der Waals surface area contributed by atoms with E-state index in [1.807, 2.05) is 0 Å². The molecule has 134 valence electrons. The van der Waals surface area contributed by atoms with E-state index in [0.29, 0.717) is 16.3 Å². The van der Waals surface area contributed by atoms with Crippen molar-refractivity contribution in [1.29, 1.82) is 0 Å². The van der Waals surface area contributed by atoms with Crippen LogP contribution in [0, 0.1) is 10.1 Å². The number of anilines is 1. The summed E-state index contributed by atoms with van der Waals surface area (Å²) in [6.07, 6.45) is 2.80. The molecule has 0 fully saturated rings. The number of nitro benzene ring substituents is 1. The molecule has 0 radical (unpaired) electrons. The van der Waals surface area contributed by atoms with E-state index < -0.39 is 10.8 Å². The highest BCUT2D eigenvalue weighted by atomic mass is 35.5. The number of nitrogens with one attached hydrogen (secondary N) is 2. The zero-order valence-corrected chi connectivity index (χ0v) is 15.1. The lowest BCUT2D eigenvalue weighted by molar-refractivity contribution is -0.384. The van der Waals surface area contributed by atoms with Crippen molar-refractivity contribution in [3.63, 3.8) is 0 Å². The number of amides is 1. The summed E-state index contributed by atoms with van der Waals surface area (Å²) >= 11 is 11.0. The van der Waals surface area contributed by atoms with E-state index in [1.54, 1.807) is 24.3 Å². The monoisotopic (exact) mass is 391 g/mol. The molecule has 2 aromatic rings. The summed E-state index contributed by atoms with van der Waals surface area (Å²) in [6, 6.07) is 11.3. The number of hydrogen-bond acceptors (Lipinski definition) is 5. The van der Waals surface area contributed by atoms with Gasteiger partial charge in [0.15, 0.2) is 5.11 Å². The Bertz CT molecular complexity index is 886. The summed E-state index contributed by atoms with van der Waals surface area (Å²) in [7, 11) is 1.41. The third-order valence-electron chi connectivity index (χ3n) is 3.21. The maximum Gasteiger partial charge on any atom is 0.296 e. The van der Waals surface area contributed by atoms with E-state index in [4.69, 9.17) is 28.6 Å². The molecule has 0 aliphatic rings. The van der Waals surface area contributed by atoms with Crippen molar-refractivity contribution in [1.82, 2.24) is 5.32 Å². The number of ether oxygens (including phenoxy) is 1. The highest BCUT2D eigenvalue weighted by Gasteiger charge is 2.16. The Morgan fingerprint density at radius 1 is 1.31 bits per heavy atom. The van der Waals surface area contributed by atoms with E-state index in [9.17, 15) is 14.9 Å². The molecular weight excluding hydrogens is 378 g/mol. The van der Waals surface area contributed by atoms with Crippen molar-refractivity contribution in [2.75, 3.05) is 12.4 Å². The molecule has 0 spiro atoms. The number of methoxy groups -OCH3 is 1. The molecular formula is C17H14ClN3O4S. The first-order valence-electron chi connectivity index (χ1n) is 7.27. The maximum absolute atomic E-state index is 11.9. The van der Waals surface area contributed by atoms with Crippen molar-refractivity contribution >= 4 is 52.3 Å². The van der Waals surface area contributed by atoms with E-state index >= 15 is 0 Å². The molecule has 9 heteroatoms. The Morgan fingerprint density at radius 2 is 2.04 bits per heavy atom. The van der Waals surface area contributed by atoms with Gasteiger partial charge in [0, 0.05) is 11.1 Å². The van der Waals surface area contributed by atoms with Crippen LogP contribution in [0.2, 0.25) is 5.02 Å². The summed E-state index contributed by atoms with van der Waals surface area (Å²) in [6.45, 7) is 0. The molecule has 0 aromatic heterocycles. The number of nitro groups is 1. The molecule has 0 aliphatic carbocycles. The van der Waals surface area contributed by atoms with Crippen LogP contribution in [0.4, 0.5) is 11.4 Å². The van der Waals surface area contributed by atoms with Gasteiger partial charge in [-0.2, -0.15) is 0 Å². The van der Waals surface area contributed by atoms with Gasteiger partial charge in [0.1, 0.15) is 11.4 Å². The number of carbonyl (C=O) groups is 1. The summed E-state index contributed by atoms with van der Waals surface area (Å²) in [4.78, 5) is 22.5. The van der Waals surface area contributed by atoms with Crippen LogP contribution in [0.5, 0.6) is 5.75 Å². The van der Waals surface area contributed by atoms with Gasteiger partial charge in [0.2, 0.25) is 5.91 Å². The number of benzene rings is 2. The number of hydrogen-bond donors (Lipinski definition) is 2. The fourth-order valence-corrected chi connectivity index (χ4v) is 2.39. The van der Waals surface area contributed by atoms with Crippen molar-refractivity contribution in [2.45, 2.75) is 0 Å². The predicted molar refractivity (Wildman–Crippen MR) is 104 cm³/mol. The van der Waals surface area contributed by atoms with Gasteiger partial charge in [-0.05, 0) is 42.1 Å². The van der Waals surface area contributed by atoms with Crippen molar-refractivity contribution in [2.24, 2.45) is 0 Å². The molecule has 7 nitrogen and oxygen atoms in total. The number of thiocarbonyl (C=S) groups is 1. The number of nitrogens with zero attached hydrogens (tertiary/aromatic N) is 1. The minimum Gasteiger partial charge on any atom is -0.496 e. The van der Waals surface area contributed by atoms with Crippen LogP contribution in [0.1, 0.15) is 5.56 Å². The van der Waals surface area contributed by atoms with Gasteiger partial charge in [0.25, 0.3) is 5.69 Å². The molecule has 1 amide bonds. The summed E-state index contributed by atoms with van der Waals surface area (Å²) in [5.41, 5.74) is 0.581. The third-order valence-corrected chi connectivity index (χ3v) is 3.75. The quantitative estimate of drug-likeness (QED) is 0.348. The Kier molecular flexibility index (Phi) is 6.65. The average molecular weight is 392 g/mol. The first-order valence-corrected chi connectivity index (χ1v) is 8.06. The van der Waals surface area contributed by atoms with Gasteiger partial charge in [-0.25, -0.2) is 0 Å². The highest BCUT2D eigenvalue weighted by Crippen LogP contribution is 2.28. The topological polar surface area (TPSA) is 93.5 Å². The molecule has 2 aromatic carbocycles. The number of carbonyl (C=O) groups excluding carboxylic acids is 1. The minimum absolute atomic E-state index is 0.0768. The van der Waals surface area contributed by atoms with Crippen molar-refractivity contribution in [3.8, 4) is 5.75 Å².